The Labute approximate surface area is 129 Å². The van der Waals surface area contributed by atoms with E-state index in [0.29, 0.717) is 5.92 Å². The van der Waals surface area contributed by atoms with Crippen LogP contribution in [0.4, 0.5) is 0 Å². The van der Waals surface area contributed by atoms with Crippen LogP contribution in [0.15, 0.2) is 4.47 Å². The Morgan fingerprint density at radius 3 is 2.53 bits per heavy atom. The van der Waals surface area contributed by atoms with E-state index in [1.807, 2.05) is 0 Å². The Hall–Kier alpha value is -0.0600. The Morgan fingerprint density at radius 2 is 2.00 bits per heavy atom. The number of aromatic nitrogens is 2. The van der Waals surface area contributed by atoms with Crippen molar-refractivity contribution in [3.63, 3.8) is 0 Å². The van der Waals surface area contributed by atoms with Gasteiger partial charge in [-0.2, -0.15) is 5.10 Å². The minimum Gasteiger partial charge on any atom is -0.297 e. The summed E-state index contributed by atoms with van der Waals surface area (Å²) < 4.78 is 3.34. The molecule has 2 heterocycles. The molecule has 0 amide bonds. The van der Waals surface area contributed by atoms with Gasteiger partial charge in [-0.25, -0.2) is 0 Å². The molecule has 0 saturated carbocycles. The average Bonchev–Trinajstić information content (AvgIpc) is 2.76. The predicted octanol–water partition coefficient (Wildman–Crippen LogP) is 3.68. The van der Waals surface area contributed by atoms with Gasteiger partial charge < -0.3 is 0 Å². The van der Waals surface area contributed by atoms with Crippen molar-refractivity contribution in [2.75, 3.05) is 19.0 Å². The van der Waals surface area contributed by atoms with E-state index in [9.17, 15) is 0 Å². The van der Waals surface area contributed by atoms with Crippen LogP contribution in [0.5, 0.6) is 0 Å². The molecule has 0 unspecified atom stereocenters. The van der Waals surface area contributed by atoms with Crippen molar-refractivity contribution in [2.45, 2.75) is 46.2 Å². The zero-order valence-corrected chi connectivity index (χ0v) is 14.2. The van der Waals surface area contributed by atoms with E-state index < -0.39 is 0 Å². The first-order chi connectivity index (χ1) is 9.19. The number of hydrogen-bond donors (Lipinski definition) is 0. The van der Waals surface area contributed by atoms with Crippen molar-refractivity contribution in [1.82, 2.24) is 14.7 Å². The van der Waals surface area contributed by atoms with Crippen molar-refractivity contribution in [3.8, 4) is 0 Å². The van der Waals surface area contributed by atoms with Crippen molar-refractivity contribution in [2.24, 2.45) is 5.92 Å². The molecular formula is C14H23BrClN3. The summed E-state index contributed by atoms with van der Waals surface area (Å²) in [5.74, 6) is 1.52. The number of aryl methyl sites for hydroxylation is 2. The second-order valence-corrected chi connectivity index (χ2v) is 6.35. The van der Waals surface area contributed by atoms with Crippen LogP contribution in [-0.2, 0) is 19.5 Å². The maximum atomic E-state index is 5.94. The van der Waals surface area contributed by atoms with Gasteiger partial charge >= 0.3 is 0 Å². The fraction of sp³-hybridized carbons (Fsp3) is 0.786. The van der Waals surface area contributed by atoms with E-state index in [0.717, 1.165) is 38.5 Å². The highest BCUT2D eigenvalue weighted by Crippen LogP contribution is 2.26. The molecule has 0 atom stereocenters. The molecule has 5 heteroatoms. The summed E-state index contributed by atoms with van der Waals surface area (Å²) in [6.45, 7) is 8.55. The molecule has 108 valence electrons. The van der Waals surface area contributed by atoms with E-state index in [4.69, 9.17) is 11.6 Å². The van der Waals surface area contributed by atoms with Gasteiger partial charge in [0, 0.05) is 19.0 Å². The fourth-order valence-corrected chi connectivity index (χ4v) is 3.68. The van der Waals surface area contributed by atoms with E-state index >= 15 is 0 Å². The molecule has 0 aliphatic carbocycles. The van der Waals surface area contributed by atoms with Crippen LogP contribution in [0.3, 0.4) is 0 Å². The van der Waals surface area contributed by atoms with Gasteiger partial charge in [0.05, 0.1) is 15.9 Å². The summed E-state index contributed by atoms with van der Waals surface area (Å²) >= 11 is 9.67. The molecule has 0 aromatic carbocycles. The lowest BCUT2D eigenvalue weighted by Crippen LogP contribution is -2.34. The Morgan fingerprint density at radius 1 is 1.32 bits per heavy atom. The Bertz CT molecular complexity index is 411. The van der Waals surface area contributed by atoms with Crippen LogP contribution in [-0.4, -0.2) is 33.6 Å². The van der Waals surface area contributed by atoms with Crippen molar-refractivity contribution >= 4 is 27.5 Å². The second kappa shape index (κ2) is 7.09. The Balaban J connectivity index is 2.05. The number of halogens is 2. The largest absolute Gasteiger partial charge is 0.297 e. The predicted molar refractivity (Wildman–Crippen MR) is 83.7 cm³/mol. The number of nitrogens with zero attached hydrogens (tertiary/aromatic N) is 3. The van der Waals surface area contributed by atoms with Crippen molar-refractivity contribution in [3.05, 3.63) is 15.9 Å². The quantitative estimate of drug-likeness (QED) is 0.757. The summed E-state index contributed by atoms with van der Waals surface area (Å²) in [6, 6.07) is 0. The van der Waals surface area contributed by atoms with Crippen molar-refractivity contribution in [1.29, 1.82) is 0 Å². The molecule has 1 aromatic rings. The average molecular weight is 349 g/mol. The maximum absolute atomic E-state index is 5.94. The molecule has 1 saturated heterocycles. The number of likely N-dealkylation sites (tertiary alicyclic amines) is 1. The first kappa shape index (κ1) is 15.3. The zero-order chi connectivity index (χ0) is 13.8. The van der Waals surface area contributed by atoms with E-state index in [2.05, 4.69) is 44.5 Å². The minimum absolute atomic E-state index is 0.712. The third-order valence-electron chi connectivity index (χ3n) is 3.99. The first-order valence-electron chi connectivity index (χ1n) is 7.21. The lowest BCUT2D eigenvalue weighted by atomic mass is 9.99. The Kier molecular flexibility index (Phi) is 5.72. The minimum atomic E-state index is 0.712. The third kappa shape index (κ3) is 3.53. The highest BCUT2D eigenvalue weighted by molar-refractivity contribution is 9.10. The van der Waals surface area contributed by atoms with Gasteiger partial charge in [0.1, 0.15) is 0 Å². The molecule has 19 heavy (non-hydrogen) atoms. The topological polar surface area (TPSA) is 21.1 Å². The van der Waals surface area contributed by atoms with Gasteiger partial charge in [-0.1, -0.05) is 6.92 Å². The molecular weight excluding hydrogens is 326 g/mol. The van der Waals surface area contributed by atoms with Gasteiger partial charge in [0.2, 0.25) is 0 Å². The van der Waals surface area contributed by atoms with E-state index in [1.165, 1.54) is 28.7 Å². The lowest BCUT2D eigenvalue weighted by Gasteiger charge is -2.31. The summed E-state index contributed by atoms with van der Waals surface area (Å²) in [7, 11) is 0. The van der Waals surface area contributed by atoms with Crippen LogP contribution in [0.2, 0.25) is 0 Å². The van der Waals surface area contributed by atoms with Gasteiger partial charge in [-0.15, -0.1) is 11.6 Å². The highest BCUT2D eigenvalue weighted by atomic mass is 79.9. The molecule has 0 radical (unpaired) electrons. The molecule has 0 bridgehead atoms. The summed E-state index contributed by atoms with van der Waals surface area (Å²) in [4.78, 5) is 2.52. The second-order valence-electron chi connectivity index (χ2n) is 5.25. The lowest BCUT2D eigenvalue weighted by molar-refractivity contribution is 0.182. The van der Waals surface area contributed by atoms with Crippen LogP contribution in [0, 0.1) is 5.92 Å². The third-order valence-corrected chi connectivity index (χ3v) is 5.34. The van der Waals surface area contributed by atoms with Gasteiger partial charge in [-0.05, 0) is 61.1 Å². The van der Waals surface area contributed by atoms with Crippen LogP contribution >= 0.6 is 27.5 Å². The van der Waals surface area contributed by atoms with Gasteiger partial charge in [0.15, 0.2) is 0 Å². The number of piperidine rings is 1. The molecule has 0 spiro atoms. The standard InChI is InChI=1S/C14H23BrClN3/c1-3-12-14(15)13(19(4-2)17-12)10-18-7-5-11(9-16)6-8-18/h11H,3-10H2,1-2H3. The van der Waals surface area contributed by atoms with Gasteiger partial charge in [-0.3, -0.25) is 9.58 Å². The monoisotopic (exact) mass is 347 g/mol. The van der Waals surface area contributed by atoms with Gasteiger partial charge in [0.25, 0.3) is 0 Å². The SMILES string of the molecule is CCc1nn(CC)c(CN2CCC(CCl)CC2)c1Br. The number of hydrogen-bond acceptors (Lipinski definition) is 2. The number of rotatable bonds is 5. The zero-order valence-electron chi connectivity index (χ0n) is 11.8. The molecule has 0 N–H and O–H groups in total. The highest BCUT2D eigenvalue weighted by Gasteiger charge is 2.21. The first-order valence-corrected chi connectivity index (χ1v) is 8.54. The molecule has 1 aromatic heterocycles. The summed E-state index contributed by atoms with van der Waals surface area (Å²) in [5, 5.41) is 4.67. The number of alkyl halides is 1. The summed E-state index contributed by atoms with van der Waals surface area (Å²) in [5.41, 5.74) is 2.50. The van der Waals surface area contributed by atoms with E-state index in [-0.39, 0.29) is 0 Å². The van der Waals surface area contributed by atoms with Crippen molar-refractivity contribution < 1.29 is 0 Å². The van der Waals surface area contributed by atoms with Crippen LogP contribution < -0.4 is 0 Å². The maximum Gasteiger partial charge on any atom is 0.0767 e. The molecule has 2 rings (SSSR count). The van der Waals surface area contributed by atoms with Crippen LogP contribution in [0.1, 0.15) is 38.1 Å². The molecule has 1 aliphatic heterocycles. The van der Waals surface area contributed by atoms with Crippen LogP contribution in [0.25, 0.3) is 0 Å². The normalized spacial score (nSPS) is 18.1. The molecule has 1 fully saturated rings. The van der Waals surface area contributed by atoms with E-state index in [1.54, 1.807) is 0 Å². The molecule has 3 nitrogen and oxygen atoms in total. The fourth-order valence-electron chi connectivity index (χ4n) is 2.68. The summed E-state index contributed by atoms with van der Waals surface area (Å²) in [6.07, 6.45) is 3.43. The smallest absolute Gasteiger partial charge is 0.0767 e. The molecule has 1 aliphatic rings.